The highest BCUT2D eigenvalue weighted by Gasteiger charge is 2.29. The Bertz CT molecular complexity index is 620. The van der Waals surface area contributed by atoms with Crippen molar-refractivity contribution < 1.29 is 14.3 Å². The molecule has 2 heterocycles. The summed E-state index contributed by atoms with van der Waals surface area (Å²) in [6.07, 6.45) is 1.45. The number of carbonyl (C=O) groups is 1. The van der Waals surface area contributed by atoms with E-state index >= 15 is 0 Å². The molecule has 1 aliphatic heterocycles. The molecule has 7 heteroatoms. The number of carboxylic acids is 1. The molecule has 3 rings (SSSR count). The van der Waals surface area contributed by atoms with Crippen LogP contribution in [0.5, 0.6) is 0 Å². The topological polar surface area (TPSA) is 71.2 Å². The lowest BCUT2D eigenvalue weighted by molar-refractivity contribution is 0.0690. The Morgan fingerprint density at radius 3 is 2.65 bits per heavy atom. The average Bonchev–Trinajstić information content (AvgIpc) is 2.85. The Labute approximate surface area is 114 Å². The Morgan fingerprint density at radius 1 is 1.35 bits per heavy atom. The minimum absolute atomic E-state index is 0.0398. The number of halogens is 1. The maximum Gasteiger partial charge on any atom is 0.358 e. The molecule has 0 amide bonds. The zero-order chi connectivity index (χ0) is 14.1. The van der Waals surface area contributed by atoms with E-state index in [9.17, 15) is 9.18 Å². The van der Waals surface area contributed by atoms with Gasteiger partial charge in [0, 0.05) is 19.6 Å². The number of carboxylic acid groups (broad SMARTS) is 1. The molecule has 104 valence electrons. The molecule has 2 aromatic rings. The van der Waals surface area contributed by atoms with Crippen LogP contribution in [0.3, 0.4) is 0 Å². The molecule has 0 spiro atoms. The second kappa shape index (κ2) is 5.01. The van der Waals surface area contributed by atoms with Crippen molar-refractivity contribution in [3.05, 3.63) is 47.5 Å². The summed E-state index contributed by atoms with van der Waals surface area (Å²) >= 11 is 0. The van der Waals surface area contributed by atoms with Crippen molar-refractivity contribution >= 4 is 5.97 Å². The van der Waals surface area contributed by atoms with E-state index in [1.54, 1.807) is 16.8 Å². The van der Waals surface area contributed by atoms with Crippen LogP contribution >= 0.6 is 0 Å². The fourth-order valence-corrected chi connectivity index (χ4v) is 2.24. The van der Waals surface area contributed by atoms with Gasteiger partial charge in [0.05, 0.1) is 12.2 Å². The van der Waals surface area contributed by atoms with Gasteiger partial charge in [0.15, 0.2) is 5.69 Å². The molecule has 0 bridgehead atoms. The number of hydrogen-bond donors (Lipinski definition) is 1. The van der Waals surface area contributed by atoms with E-state index in [1.807, 2.05) is 0 Å². The average molecular weight is 276 g/mol. The van der Waals surface area contributed by atoms with Gasteiger partial charge < -0.3 is 5.11 Å². The van der Waals surface area contributed by atoms with Crippen molar-refractivity contribution in [1.29, 1.82) is 0 Å². The first-order valence-electron chi connectivity index (χ1n) is 6.24. The van der Waals surface area contributed by atoms with Gasteiger partial charge in [-0.05, 0) is 17.7 Å². The van der Waals surface area contributed by atoms with Crippen LogP contribution in [0.25, 0.3) is 0 Å². The van der Waals surface area contributed by atoms with Crippen molar-refractivity contribution in [2.24, 2.45) is 0 Å². The molecule has 0 unspecified atom stereocenters. The van der Waals surface area contributed by atoms with E-state index < -0.39 is 5.97 Å². The highest BCUT2D eigenvalue weighted by molar-refractivity contribution is 5.84. The van der Waals surface area contributed by atoms with E-state index in [-0.39, 0.29) is 17.6 Å². The van der Waals surface area contributed by atoms with Crippen LogP contribution in [0.2, 0.25) is 0 Å². The standard InChI is InChI=1S/C13H13FN4O2/c14-10-3-1-9(2-4-10)5-17-6-11(7-17)18-8-12(13(19)20)15-16-18/h1-4,8,11H,5-7H2,(H,19,20). The Kier molecular flexibility index (Phi) is 3.19. The fourth-order valence-electron chi connectivity index (χ4n) is 2.24. The number of hydrogen-bond acceptors (Lipinski definition) is 4. The number of aromatic carboxylic acids is 1. The molecule has 1 N–H and O–H groups in total. The minimum atomic E-state index is -1.07. The predicted octanol–water partition coefficient (Wildman–Crippen LogP) is 1.17. The van der Waals surface area contributed by atoms with Gasteiger partial charge in [0.2, 0.25) is 0 Å². The second-order valence-corrected chi connectivity index (χ2v) is 4.86. The van der Waals surface area contributed by atoms with Crippen LogP contribution in [-0.2, 0) is 6.54 Å². The van der Waals surface area contributed by atoms with Crippen LogP contribution in [0.4, 0.5) is 4.39 Å². The van der Waals surface area contributed by atoms with Crippen molar-refractivity contribution in [1.82, 2.24) is 19.9 Å². The third kappa shape index (κ3) is 2.53. The molecule has 0 radical (unpaired) electrons. The van der Waals surface area contributed by atoms with Crippen molar-refractivity contribution in [2.75, 3.05) is 13.1 Å². The zero-order valence-corrected chi connectivity index (χ0v) is 10.6. The van der Waals surface area contributed by atoms with Crippen molar-refractivity contribution in [3.63, 3.8) is 0 Å². The molecule has 1 saturated heterocycles. The number of aromatic nitrogens is 3. The molecule has 0 saturated carbocycles. The minimum Gasteiger partial charge on any atom is -0.476 e. The van der Waals surface area contributed by atoms with Crippen LogP contribution in [0.1, 0.15) is 22.1 Å². The second-order valence-electron chi connectivity index (χ2n) is 4.86. The molecule has 1 aromatic carbocycles. The highest BCUT2D eigenvalue weighted by atomic mass is 19.1. The largest absolute Gasteiger partial charge is 0.476 e. The van der Waals surface area contributed by atoms with Gasteiger partial charge in [-0.1, -0.05) is 17.3 Å². The summed E-state index contributed by atoms with van der Waals surface area (Å²) in [7, 11) is 0. The smallest absolute Gasteiger partial charge is 0.358 e. The third-order valence-corrected chi connectivity index (χ3v) is 3.36. The Morgan fingerprint density at radius 2 is 2.05 bits per heavy atom. The molecule has 0 aliphatic carbocycles. The zero-order valence-electron chi connectivity index (χ0n) is 10.6. The maximum atomic E-state index is 12.8. The van der Waals surface area contributed by atoms with Crippen LogP contribution < -0.4 is 0 Å². The molecular weight excluding hydrogens is 263 g/mol. The van der Waals surface area contributed by atoms with Crippen LogP contribution in [0.15, 0.2) is 30.5 Å². The van der Waals surface area contributed by atoms with Gasteiger partial charge >= 0.3 is 5.97 Å². The van der Waals surface area contributed by atoms with E-state index in [1.165, 1.54) is 18.3 Å². The third-order valence-electron chi connectivity index (χ3n) is 3.36. The number of rotatable bonds is 4. The monoisotopic (exact) mass is 276 g/mol. The van der Waals surface area contributed by atoms with Crippen molar-refractivity contribution in [3.8, 4) is 0 Å². The van der Waals surface area contributed by atoms with E-state index in [0.717, 1.165) is 25.2 Å². The van der Waals surface area contributed by atoms with Crippen LogP contribution in [0, 0.1) is 5.82 Å². The number of nitrogens with zero attached hydrogens (tertiary/aromatic N) is 4. The molecule has 1 fully saturated rings. The van der Waals surface area contributed by atoms with E-state index in [4.69, 9.17) is 5.11 Å². The Balaban J connectivity index is 1.55. The van der Waals surface area contributed by atoms with Gasteiger partial charge in [-0.3, -0.25) is 4.90 Å². The summed E-state index contributed by atoms with van der Waals surface area (Å²) in [6, 6.07) is 6.57. The van der Waals surface area contributed by atoms with Gasteiger partial charge in [0.1, 0.15) is 5.82 Å². The summed E-state index contributed by atoms with van der Waals surface area (Å²) in [5.41, 5.74) is 1.01. The van der Waals surface area contributed by atoms with Gasteiger partial charge in [-0.15, -0.1) is 5.10 Å². The molecular formula is C13H13FN4O2. The fraction of sp³-hybridized carbons (Fsp3) is 0.308. The van der Waals surface area contributed by atoms with Crippen LogP contribution in [-0.4, -0.2) is 44.1 Å². The van der Waals surface area contributed by atoms with Gasteiger partial charge in [0.25, 0.3) is 0 Å². The summed E-state index contributed by atoms with van der Waals surface area (Å²) in [5.74, 6) is -1.31. The summed E-state index contributed by atoms with van der Waals surface area (Å²) in [6.45, 7) is 2.30. The summed E-state index contributed by atoms with van der Waals surface area (Å²) < 4.78 is 14.4. The molecule has 1 aromatic heterocycles. The number of likely N-dealkylation sites (tertiary alicyclic amines) is 1. The van der Waals surface area contributed by atoms with Crippen molar-refractivity contribution in [2.45, 2.75) is 12.6 Å². The summed E-state index contributed by atoms with van der Waals surface area (Å²) in [4.78, 5) is 12.9. The molecule has 1 aliphatic rings. The predicted molar refractivity (Wildman–Crippen MR) is 67.7 cm³/mol. The highest BCUT2D eigenvalue weighted by Crippen LogP contribution is 2.22. The lowest BCUT2D eigenvalue weighted by atomic mass is 10.1. The van der Waals surface area contributed by atoms with Gasteiger partial charge in [-0.25, -0.2) is 13.9 Å². The molecule has 20 heavy (non-hydrogen) atoms. The lowest BCUT2D eigenvalue weighted by Crippen LogP contribution is -2.47. The molecule has 0 atom stereocenters. The normalized spacial score (nSPS) is 16.1. The first kappa shape index (κ1) is 12.7. The first-order valence-corrected chi connectivity index (χ1v) is 6.24. The first-order chi connectivity index (χ1) is 9.61. The maximum absolute atomic E-state index is 12.8. The molecule has 6 nitrogen and oxygen atoms in total. The van der Waals surface area contributed by atoms with E-state index in [2.05, 4.69) is 15.2 Å². The number of benzene rings is 1. The Hall–Kier alpha value is -2.28. The SMILES string of the molecule is O=C(O)c1cn(C2CN(Cc3ccc(F)cc3)C2)nn1. The van der Waals surface area contributed by atoms with E-state index in [0.29, 0.717) is 0 Å². The quantitative estimate of drug-likeness (QED) is 0.907. The lowest BCUT2D eigenvalue weighted by Gasteiger charge is -2.38. The van der Waals surface area contributed by atoms with Gasteiger partial charge in [-0.2, -0.15) is 0 Å². The summed E-state index contributed by atoms with van der Waals surface area (Å²) in [5, 5.41) is 16.2.